The van der Waals surface area contributed by atoms with E-state index in [0.29, 0.717) is 5.56 Å². The number of alkyl carbamates (subject to hydrolysis) is 1. The summed E-state index contributed by atoms with van der Waals surface area (Å²) in [5, 5.41) is 21.1. The number of benzene rings is 1. The predicted molar refractivity (Wildman–Crippen MR) is 108 cm³/mol. The fourth-order valence-corrected chi connectivity index (χ4v) is 2.77. The Labute approximate surface area is 172 Å². The largest absolute Gasteiger partial charge is 0.480 e. The van der Waals surface area contributed by atoms with Crippen molar-refractivity contribution in [1.82, 2.24) is 14.9 Å². The van der Waals surface area contributed by atoms with Crippen molar-refractivity contribution in [1.29, 1.82) is 0 Å². The van der Waals surface area contributed by atoms with Crippen LogP contribution in [0.5, 0.6) is 0 Å². The number of aryl methyl sites for hydroxylation is 1. The summed E-state index contributed by atoms with van der Waals surface area (Å²) in [6.45, 7) is 6.00. The van der Waals surface area contributed by atoms with Crippen molar-refractivity contribution in [2.45, 2.75) is 52.4 Å². The molecule has 10 heteroatoms. The van der Waals surface area contributed by atoms with Gasteiger partial charge in [0, 0.05) is 12.1 Å². The van der Waals surface area contributed by atoms with Crippen molar-refractivity contribution in [2.75, 3.05) is 0 Å². The van der Waals surface area contributed by atoms with Gasteiger partial charge in [-0.1, -0.05) is 12.1 Å². The fourth-order valence-electron chi connectivity index (χ4n) is 2.77. The standard InChI is InChI=1S/C20H25N3O7/c1-11-14(10-24)16(25)23(18(28)21-11)13-7-5-12(6-8-13)9-15(17(26)27)22-19(29)30-20(2,3)4/h5-8,15,24H,9-10H2,1-4H3,(H,21,28)(H,22,29)(H,26,27). The van der Waals surface area contributed by atoms with Crippen molar-refractivity contribution in [2.24, 2.45) is 0 Å². The molecule has 10 nitrogen and oxygen atoms in total. The highest BCUT2D eigenvalue weighted by Crippen LogP contribution is 2.11. The maximum absolute atomic E-state index is 12.5. The molecule has 30 heavy (non-hydrogen) atoms. The SMILES string of the molecule is Cc1[nH]c(=O)n(-c2ccc(CC(NC(=O)OC(C)(C)C)C(=O)O)cc2)c(=O)c1CO. The molecule has 0 aliphatic rings. The monoisotopic (exact) mass is 419 g/mol. The maximum atomic E-state index is 12.5. The van der Waals surface area contributed by atoms with Crippen LogP contribution in [0.2, 0.25) is 0 Å². The van der Waals surface area contributed by atoms with Gasteiger partial charge in [0.1, 0.15) is 11.6 Å². The first kappa shape index (κ1) is 22.9. The molecule has 1 unspecified atom stereocenters. The fraction of sp³-hybridized carbons (Fsp3) is 0.400. The molecule has 1 aromatic carbocycles. The zero-order valence-corrected chi connectivity index (χ0v) is 17.2. The van der Waals surface area contributed by atoms with Crippen molar-refractivity contribution < 1.29 is 24.5 Å². The molecule has 0 aliphatic carbocycles. The van der Waals surface area contributed by atoms with Crippen LogP contribution in [0.1, 0.15) is 37.6 Å². The van der Waals surface area contributed by atoms with Crippen molar-refractivity contribution in [3.05, 3.63) is 61.9 Å². The second-order valence-corrected chi connectivity index (χ2v) is 7.74. The van der Waals surface area contributed by atoms with E-state index >= 15 is 0 Å². The van der Waals surface area contributed by atoms with Gasteiger partial charge in [0.05, 0.1) is 17.9 Å². The number of ether oxygens (including phenoxy) is 1. The van der Waals surface area contributed by atoms with Gasteiger partial charge in [-0.2, -0.15) is 0 Å². The third-order valence-corrected chi connectivity index (χ3v) is 4.19. The van der Waals surface area contributed by atoms with Crippen LogP contribution in [0.4, 0.5) is 4.79 Å². The van der Waals surface area contributed by atoms with Gasteiger partial charge in [-0.3, -0.25) is 4.79 Å². The molecule has 162 valence electrons. The van der Waals surface area contributed by atoms with Gasteiger partial charge in [0.15, 0.2) is 0 Å². The molecule has 0 aliphatic heterocycles. The first-order chi connectivity index (χ1) is 13.9. The quantitative estimate of drug-likeness (QED) is 0.542. The molecule has 1 amide bonds. The Morgan fingerprint density at radius 1 is 1.20 bits per heavy atom. The molecule has 0 radical (unpaired) electrons. The van der Waals surface area contributed by atoms with E-state index in [9.17, 15) is 29.4 Å². The highest BCUT2D eigenvalue weighted by atomic mass is 16.6. The first-order valence-corrected chi connectivity index (χ1v) is 9.20. The molecule has 0 spiro atoms. The lowest BCUT2D eigenvalue weighted by atomic mass is 10.1. The number of aliphatic carboxylic acids is 1. The Balaban J connectivity index is 2.25. The summed E-state index contributed by atoms with van der Waals surface area (Å²) in [7, 11) is 0. The van der Waals surface area contributed by atoms with E-state index in [1.54, 1.807) is 32.9 Å². The minimum atomic E-state index is -1.23. The third kappa shape index (κ3) is 5.57. The lowest BCUT2D eigenvalue weighted by Gasteiger charge is -2.22. The van der Waals surface area contributed by atoms with Gasteiger partial charge in [0.2, 0.25) is 0 Å². The van der Waals surface area contributed by atoms with Crippen LogP contribution in [0.3, 0.4) is 0 Å². The normalized spacial score (nSPS) is 12.3. The van der Waals surface area contributed by atoms with Crippen molar-refractivity contribution in [3.8, 4) is 5.69 Å². The maximum Gasteiger partial charge on any atom is 0.408 e. The minimum absolute atomic E-state index is 0.0318. The van der Waals surface area contributed by atoms with E-state index in [2.05, 4.69) is 10.3 Å². The topological polar surface area (TPSA) is 151 Å². The number of nitrogens with one attached hydrogen (secondary N) is 2. The number of H-pyrrole nitrogens is 1. The highest BCUT2D eigenvalue weighted by Gasteiger charge is 2.24. The lowest BCUT2D eigenvalue weighted by Crippen LogP contribution is -2.44. The summed E-state index contributed by atoms with van der Waals surface area (Å²) < 4.78 is 5.97. The van der Waals surface area contributed by atoms with Crippen LogP contribution < -0.4 is 16.6 Å². The third-order valence-electron chi connectivity index (χ3n) is 4.19. The molecular weight excluding hydrogens is 394 g/mol. The van der Waals surface area contributed by atoms with Crippen LogP contribution in [0.25, 0.3) is 5.69 Å². The van der Waals surface area contributed by atoms with E-state index in [1.165, 1.54) is 19.1 Å². The minimum Gasteiger partial charge on any atom is -0.480 e. The summed E-state index contributed by atoms with van der Waals surface area (Å²) in [5.74, 6) is -1.23. The molecule has 1 heterocycles. The molecule has 0 saturated heterocycles. The Morgan fingerprint density at radius 2 is 1.80 bits per heavy atom. The summed E-state index contributed by atoms with van der Waals surface area (Å²) in [4.78, 5) is 50.6. The summed E-state index contributed by atoms with van der Waals surface area (Å²) in [5.41, 5.74) is -0.882. The van der Waals surface area contributed by atoms with Gasteiger partial charge in [-0.05, 0) is 45.4 Å². The average molecular weight is 419 g/mol. The van der Waals surface area contributed by atoms with Crippen LogP contribution in [0.15, 0.2) is 33.9 Å². The molecular formula is C20H25N3O7. The van der Waals surface area contributed by atoms with Gasteiger partial charge < -0.3 is 25.3 Å². The first-order valence-electron chi connectivity index (χ1n) is 9.20. The molecule has 0 fully saturated rings. The number of aromatic nitrogens is 2. The van der Waals surface area contributed by atoms with E-state index in [4.69, 9.17) is 4.74 Å². The molecule has 2 aromatic rings. The number of carbonyl (C=O) groups excluding carboxylic acids is 1. The second kappa shape index (κ2) is 8.95. The van der Waals surface area contributed by atoms with Crippen LogP contribution in [-0.2, 0) is 22.6 Å². The average Bonchev–Trinajstić information content (AvgIpc) is 2.60. The Bertz CT molecular complexity index is 1050. The smallest absolute Gasteiger partial charge is 0.408 e. The van der Waals surface area contributed by atoms with Crippen molar-refractivity contribution >= 4 is 12.1 Å². The van der Waals surface area contributed by atoms with Gasteiger partial charge in [-0.25, -0.2) is 19.0 Å². The number of carboxylic acid groups (broad SMARTS) is 1. The number of carbonyl (C=O) groups is 2. The molecule has 0 saturated carbocycles. The molecule has 0 bridgehead atoms. The Morgan fingerprint density at radius 3 is 2.30 bits per heavy atom. The summed E-state index contributed by atoms with van der Waals surface area (Å²) in [6.07, 6.45) is -0.878. The number of hydrogen-bond acceptors (Lipinski definition) is 6. The van der Waals surface area contributed by atoms with Crippen LogP contribution in [0, 0.1) is 6.92 Å². The van der Waals surface area contributed by atoms with E-state index in [-0.39, 0.29) is 23.4 Å². The highest BCUT2D eigenvalue weighted by molar-refractivity contribution is 5.80. The number of aliphatic hydroxyl groups is 1. The Kier molecular flexibility index (Phi) is 6.83. The Hall–Kier alpha value is -3.40. The number of amides is 1. The van der Waals surface area contributed by atoms with Gasteiger partial charge >= 0.3 is 17.8 Å². The second-order valence-electron chi connectivity index (χ2n) is 7.74. The van der Waals surface area contributed by atoms with Crippen LogP contribution >= 0.6 is 0 Å². The summed E-state index contributed by atoms with van der Waals surface area (Å²) >= 11 is 0. The van der Waals surface area contributed by atoms with E-state index in [1.807, 2.05) is 0 Å². The molecule has 2 rings (SSSR count). The van der Waals surface area contributed by atoms with Crippen LogP contribution in [-0.4, -0.2) is 43.5 Å². The van der Waals surface area contributed by atoms with E-state index in [0.717, 1.165) is 4.57 Å². The number of hydrogen-bond donors (Lipinski definition) is 4. The number of carboxylic acids is 1. The number of aromatic amines is 1. The zero-order valence-electron chi connectivity index (χ0n) is 17.2. The van der Waals surface area contributed by atoms with Gasteiger partial charge in [0.25, 0.3) is 5.56 Å². The molecule has 1 aromatic heterocycles. The summed E-state index contributed by atoms with van der Waals surface area (Å²) in [6, 6.07) is 4.83. The number of nitrogens with zero attached hydrogens (tertiary/aromatic N) is 1. The predicted octanol–water partition coefficient (Wildman–Crippen LogP) is 0.847. The molecule has 1 atom stereocenters. The van der Waals surface area contributed by atoms with E-state index < -0.39 is 41.6 Å². The molecule has 4 N–H and O–H groups in total. The number of rotatable bonds is 6. The number of aliphatic hydroxyl groups excluding tert-OH is 1. The zero-order chi connectivity index (χ0) is 22.6. The lowest BCUT2D eigenvalue weighted by molar-refractivity contribution is -0.139. The van der Waals surface area contributed by atoms with Crippen molar-refractivity contribution in [3.63, 3.8) is 0 Å². The van der Waals surface area contributed by atoms with Gasteiger partial charge in [-0.15, -0.1) is 0 Å².